The maximum absolute atomic E-state index is 9.42. The van der Waals surface area contributed by atoms with E-state index in [-0.39, 0.29) is 0 Å². The van der Waals surface area contributed by atoms with Gasteiger partial charge in [0.1, 0.15) is 0 Å². The lowest BCUT2D eigenvalue weighted by Crippen LogP contribution is -2.02. The molecule has 1 aliphatic rings. The molecular weight excluding hydrogens is 282 g/mol. The first-order valence-electron chi connectivity index (χ1n) is 7.40. The van der Waals surface area contributed by atoms with Crippen molar-refractivity contribution in [1.82, 2.24) is 0 Å². The van der Waals surface area contributed by atoms with Gasteiger partial charge in [0.2, 0.25) is 0 Å². The lowest BCUT2D eigenvalue weighted by atomic mass is 10.0. The number of rotatable bonds is 2. The van der Waals surface area contributed by atoms with Gasteiger partial charge in [0.25, 0.3) is 0 Å². The van der Waals surface area contributed by atoms with Gasteiger partial charge in [-0.25, -0.2) is 0 Å². The third-order valence-corrected chi connectivity index (χ3v) is 3.96. The maximum atomic E-state index is 9.42. The predicted molar refractivity (Wildman–Crippen MR) is 92.3 cm³/mol. The summed E-state index contributed by atoms with van der Waals surface area (Å²) in [4.78, 5) is 0. The molecule has 3 heteroatoms. The molecular formula is C20H13N3. The molecule has 3 aromatic carbocycles. The van der Waals surface area contributed by atoms with Gasteiger partial charge in [0.05, 0.1) is 23.0 Å². The fourth-order valence-corrected chi connectivity index (χ4v) is 2.94. The van der Waals surface area contributed by atoms with Gasteiger partial charge in [0, 0.05) is 16.7 Å². The fourth-order valence-electron chi connectivity index (χ4n) is 2.94. The summed E-state index contributed by atoms with van der Waals surface area (Å²) in [6.45, 7) is 0. The van der Waals surface area contributed by atoms with Crippen molar-refractivity contribution in [2.24, 2.45) is 5.10 Å². The molecule has 3 nitrogen and oxygen atoms in total. The third-order valence-electron chi connectivity index (χ3n) is 3.96. The van der Waals surface area contributed by atoms with Gasteiger partial charge in [-0.2, -0.15) is 10.4 Å². The number of hydrazone groups is 1. The van der Waals surface area contributed by atoms with Crippen LogP contribution in [0.3, 0.4) is 0 Å². The second-order valence-corrected chi connectivity index (χ2v) is 5.32. The number of fused-ring (bicyclic) bond motifs is 3. The number of benzene rings is 3. The van der Waals surface area contributed by atoms with E-state index in [1.54, 1.807) is 0 Å². The van der Waals surface area contributed by atoms with Crippen LogP contribution in [0, 0.1) is 11.3 Å². The number of anilines is 1. The minimum Gasteiger partial charge on any atom is -0.278 e. The highest BCUT2D eigenvalue weighted by Gasteiger charge is 2.26. The van der Waals surface area contributed by atoms with Crippen LogP contribution in [-0.2, 0) is 0 Å². The Morgan fingerprint density at radius 3 is 2.22 bits per heavy atom. The van der Waals surface area contributed by atoms with Crippen LogP contribution in [0.5, 0.6) is 0 Å². The number of hydrogen-bond acceptors (Lipinski definition) is 3. The van der Waals surface area contributed by atoms with Crippen LogP contribution in [-0.4, -0.2) is 5.71 Å². The second kappa shape index (κ2) is 5.43. The summed E-state index contributed by atoms with van der Waals surface area (Å²) in [5.41, 5.74) is 9.67. The van der Waals surface area contributed by atoms with Gasteiger partial charge in [-0.3, -0.25) is 5.43 Å². The fraction of sp³-hybridized carbons (Fsp3) is 0. The molecule has 4 rings (SSSR count). The van der Waals surface area contributed by atoms with E-state index in [9.17, 15) is 5.26 Å². The Hall–Kier alpha value is -3.38. The van der Waals surface area contributed by atoms with E-state index in [1.165, 1.54) is 0 Å². The van der Waals surface area contributed by atoms with E-state index in [0.717, 1.165) is 33.7 Å². The van der Waals surface area contributed by atoms with Crippen molar-refractivity contribution in [2.75, 3.05) is 5.43 Å². The second-order valence-electron chi connectivity index (χ2n) is 5.32. The quantitative estimate of drug-likeness (QED) is 0.557. The molecule has 0 fully saturated rings. The number of hydrogen-bond donors (Lipinski definition) is 1. The van der Waals surface area contributed by atoms with E-state index in [2.05, 4.69) is 16.6 Å². The van der Waals surface area contributed by atoms with E-state index >= 15 is 0 Å². The Morgan fingerprint density at radius 2 is 1.43 bits per heavy atom. The molecule has 0 heterocycles. The van der Waals surface area contributed by atoms with E-state index in [0.29, 0.717) is 5.56 Å². The molecule has 0 saturated heterocycles. The largest absolute Gasteiger partial charge is 0.278 e. The summed E-state index contributed by atoms with van der Waals surface area (Å²) in [5, 5.41) is 14.0. The normalized spacial score (nSPS) is 13.3. The van der Waals surface area contributed by atoms with E-state index < -0.39 is 0 Å². The lowest BCUT2D eigenvalue weighted by molar-refractivity contribution is 1.33. The van der Waals surface area contributed by atoms with Crippen LogP contribution >= 0.6 is 0 Å². The monoisotopic (exact) mass is 295 g/mol. The highest BCUT2D eigenvalue weighted by Crippen LogP contribution is 2.39. The summed E-state index contributed by atoms with van der Waals surface area (Å²) in [7, 11) is 0. The first kappa shape index (κ1) is 13.3. The van der Waals surface area contributed by atoms with Gasteiger partial charge in [-0.15, -0.1) is 0 Å². The first-order valence-corrected chi connectivity index (χ1v) is 7.40. The highest BCUT2D eigenvalue weighted by atomic mass is 15.3. The molecule has 108 valence electrons. The van der Waals surface area contributed by atoms with Crippen molar-refractivity contribution in [3.05, 3.63) is 89.5 Å². The maximum Gasteiger partial charge on any atom is 0.0998 e. The molecule has 0 amide bonds. The molecule has 1 aliphatic carbocycles. The molecule has 0 bridgehead atoms. The summed E-state index contributed by atoms with van der Waals surface area (Å²) in [6.07, 6.45) is 0. The Kier molecular flexibility index (Phi) is 3.14. The SMILES string of the molecule is N#Cc1cccc2c1-c1ccccc1/C2=N/Nc1ccccc1. The van der Waals surface area contributed by atoms with Gasteiger partial charge < -0.3 is 0 Å². The minimum atomic E-state index is 0.680. The summed E-state index contributed by atoms with van der Waals surface area (Å²) >= 11 is 0. The number of nitrogens with one attached hydrogen (secondary N) is 1. The Morgan fingerprint density at radius 1 is 0.739 bits per heavy atom. The Balaban J connectivity index is 1.88. The van der Waals surface area contributed by atoms with Crippen molar-refractivity contribution < 1.29 is 0 Å². The summed E-state index contributed by atoms with van der Waals surface area (Å²) < 4.78 is 0. The van der Waals surface area contributed by atoms with Crippen molar-refractivity contribution in [3.63, 3.8) is 0 Å². The van der Waals surface area contributed by atoms with Crippen LogP contribution < -0.4 is 5.43 Å². The molecule has 0 aliphatic heterocycles. The Labute approximate surface area is 134 Å². The lowest BCUT2D eigenvalue weighted by Gasteiger charge is -2.04. The van der Waals surface area contributed by atoms with Crippen LogP contribution in [0.15, 0.2) is 77.9 Å². The zero-order valence-corrected chi connectivity index (χ0v) is 12.3. The van der Waals surface area contributed by atoms with E-state index in [4.69, 9.17) is 0 Å². The number of para-hydroxylation sites is 1. The van der Waals surface area contributed by atoms with E-state index in [1.807, 2.05) is 72.8 Å². The zero-order valence-electron chi connectivity index (χ0n) is 12.3. The number of nitriles is 1. The highest BCUT2D eigenvalue weighted by molar-refractivity contribution is 6.25. The average Bonchev–Trinajstić information content (AvgIpc) is 2.95. The van der Waals surface area contributed by atoms with Crippen LogP contribution in [0.25, 0.3) is 11.1 Å². The first-order chi connectivity index (χ1) is 11.4. The summed E-state index contributed by atoms with van der Waals surface area (Å²) in [5.74, 6) is 0. The van der Waals surface area contributed by atoms with Crippen molar-refractivity contribution in [2.45, 2.75) is 0 Å². The molecule has 0 spiro atoms. The summed E-state index contributed by atoms with van der Waals surface area (Å²) in [6, 6.07) is 26.0. The van der Waals surface area contributed by atoms with Gasteiger partial charge in [0.15, 0.2) is 0 Å². The molecule has 0 unspecified atom stereocenters. The molecule has 23 heavy (non-hydrogen) atoms. The van der Waals surface area contributed by atoms with Gasteiger partial charge in [-0.05, 0) is 23.8 Å². The average molecular weight is 295 g/mol. The topological polar surface area (TPSA) is 48.2 Å². The van der Waals surface area contributed by atoms with Crippen LogP contribution in [0.4, 0.5) is 5.69 Å². The third kappa shape index (κ3) is 2.18. The Bertz CT molecular complexity index is 950. The standard InChI is InChI=1S/C20H13N3/c21-13-14-7-6-12-18-19(14)16-10-4-5-11-17(16)20(18)23-22-15-8-2-1-3-9-15/h1-12,22H/b23-20-. The smallest absolute Gasteiger partial charge is 0.0998 e. The predicted octanol–water partition coefficient (Wildman–Crippen LogP) is 4.40. The van der Waals surface area contributed by atoms with Gasteiger partial charge >= 0.3 is 0 Å². The molecule has 0 atom stereocenters. The molecule has 0 saturated carbocycles. The van der Waals surface area contributed by atoms with Crippen molar-refractivity contribution in [3.8, 4) is 17.2 Å². The molecule has 0 aromatic heterocycles. The van der Waals surface area contributed by atoms with Crippen LogP contribution in [0.1, 0.15) is 16.7 Å². The number of nitrogens with zero attached hydrogens (tertiary/aromatic N) is 2. The van der Waals surface area contributed by atoms with Crippen molar-refractivity contribution >= 4 is 11.4 Å². The molecule has 1 N–H and O–H groups in total. The van der Waals surface area contributed by atoms with Gasteiger partial charge in [-0.1, -0.05) is 54.6 Å². The minimum absolute atomic E-state index is 0.680. The zero-order chi connectivity index (χ0) is 15.6. The molecule has 3 aromatic rings. The molecule has 0 radical (unpaired) electrons. The van der Waals surface area contributed by atoms with Crippen molar-refractivity contribution in [1.29, 1.82) is 5.26 Å². The van der Waals surface area contributed by atoms with Crippen LogP contribution in [0.2, 0.25) is 0 Å².